The number of carboxylic acids is 1. The molecule has 0 aliphatic rings. The van der Waals surface area contributed by atoms with E-state index in [9.17, 15) is 26.4 Å². The Labute approximate surface area is 119 Å². The van der Waals surface area contributed by atoms with E-state index in [1.165, 1.54) is 0 Å². The maximum Gasteiger partial charge on any atom is 0.321 e. The number of rotatable bonds is 7. The first-order valence-corrected chi connectivity index (χ1v) is 7.57. The molecule has 9 heteroatoms. The van der Waals surface area contributed by atoms with Gasteiger partial charge in [-0.2, -0.15) is 4.72 Å². The van der Waals surface area contributed by atoms with Crippen molar-refractivity contribution in [2.75, 3.05) is 0 Å². The molecule has 0 radical (unpaired) electrons. The quantitative estimate of drug-likeness (QED) is 0.751. The summed E-state index contributed by atoms with van der Waals surface area (Å²) in [5.41, 5.74) is 0. The lowest BCUT2D eigenvalue weighted by atomic mass is 10.1. The second kappa shape index (κ2) is 6.90. The van der Waals surface area contributed by atoms with Gasteiger partial charge in [-0.15, -0.1) is 0 Å². The van der Waals surface area contributed by atoms with Crippen LogP contribution in [-0.4, -0.2) is 25.5 Å². The number of hydrogen-bond acceptors (Lipinski definition) is 3. The first kappa shape index (κ1) is 17.4. The summed E-state index contributed by atoms with van der Waals surface area (Å²) in [5, 5.41) is 8.93. The number of benzene rings is 1. The summed E-state index contributed by atoms with van der Waals surface area (Å²) >= 11 is 0. The molecule has 0 saturated carbocycles. The van der Waals surface area contributed by atoms with Crippen LogP contribution in [0.1, 0.15) is 26.2 Å². The van der Waals surface area contributed by atoms with Gasteiger partial charge in [-0.3, -0.25) is 4.79 Å². The first-order valence-electron chi connectivity index (χ1n) is 6.08. The monoisotopic (exact) mass is 325 g/mol. The van der Waals surface area contributed by atoms with Crippen LogP contribution in [-0.2, 0) is 14.8 Å². The number of nitrogens with one attached hydrogen (secondary N) is 1. The normalized spacial score (nSPS) is 13.1. The molecular formula is C12H14F3NO4S. The van der Waals surface area contributed by atoms with Gasteiger partial charge in [0.25, 0.3) is 0 Å². The summed E-state index contributed by atoms with van der Waals surface area (Å²) in [4.78, 5) is 10.1. The lowest BCUT2D eigenvalue weighted by Crippen LogP contribution is -2.40. The minimum Gasteiger partial charge on any atom is -0.480 e. The molecule has 1 atom stereocenters. The molecule has 0 aliphatic heterocycles. The number of aliphatic carboxylic acids is 1. The van der Waals surface area contributed by atoms with Gasteiger partial charge in [0, 0.05) is 0 Å². The van der Waals surface area contributed by atoms with Gasteiger partial charge in [0.2, 0.25) is 10.0 Å². The van der Waals surface area contributed by atoms with Gasteiger partial charge in [0.1, 0.15) is 6.04 Å². The fraction of sp³-hybridized carbons (Fsp3) is 0.417. The molecule has 0 unspecified atom stereocenters. The van der Waals surface area contributed by atoms with Gasteiger partial charge >= 0.3 is 5.97 Å². The molecule has 0 aromatic heterocycles. The Hall–Kier alpha value is -1.61. The van der Waals surface area contributed by atoms with Crippen LogP contribution in [0.15, 0.2) is 17.0 Å². The standard InChI is InChI=1S/C12H14F3NO4S/c1-2-3-4-10(12(17)18)16-21(19,20)7-5-8(13)11(15)9(14)6-7/h5-6,10,16H,2-4H2,1H3,(H,17,18)/t10-/m0/s1. The second-order valence-electron chi connectivity index (χ2n) is 4.36. The molecule has 0 saturated heterocycles. The van der Waals surface area contributed by atoms with Gasteiger partial charge in [0.05, 0.1) is 4.90 Å². The van der Waals surface area contributed by atoms with Crippen molar-refractivity contribution < 1.29 is 31.5 Å². The van der Waals surface area contributed by atoms with Crippen molar-refractivity contribution in [3.63, 3.8) is 0 Å². The average Bonchev–Trinajstić information content (AvgIpc) is 2.39. The van der Waals surface area contributed by atoms with Crippen LogP contribution in [0.25, 0.3) is 0 Å². The van der Waals surface area contributed by atoms with Crippen molar-refractivity contribution >= 4 is 16.0 Å². The number of unbranched alkanes of at least 4 members (excludes halogenated alkanes) is 1. The van der Waals surface area contributed by atoms with Crippen LogP contribution in [0, 0.1) is 17.5 Å². The predicted molar refractivity (Wildman–Crippen MR) is 67.6 cm³/mol. The highest BCUT2D eigenvalue weighted by Gasteiger charge is 2.26. The van der Waals surface area contributed by atoms with Crippen LogP contribution < -0.4 is 4.72 Å². The van der Waals surface area contributed by atoms with Gasteiger partial charge in [-0.05, 0) is 18.6 Å². The SMILES string of the molecule is CCCC[C@H](NS(=O)(=O)c1cc(F)c(F)c(F)c1)C(=O)O. The minimum atomic E-state index is -4.47. The molecule has 0 fully saturated rings. The van der Waals surface area contributed by atoms with E-state index in [0.29, 0.717) is 25.0 Å². The van der Waals surface area contributed by atoms with E-state index in [4.69, 9.17) is 5.11 Å². The van der Waals surface area contributed by atoms with E-state index >= 15 is 0 Å². The number of carbonyl (C=O) groups is 1. The maximum atomic E-state index is 13.0. The largest absolute Gasteiger partial charge is 0.480 e. The number of carboxylic acid groups (broad SMARTS) is 1. The van der Waals surface area contributed by atoms with Crippen LogP contribution in [0.3, 0.4) is 0 Å². The van der Waals surface area contributed by atoms with Crippen molar-refractivity contribution in [3.8, 4) is 0 Å². The molecule has 0 aliphatic carbocycles. The fourth-order valence-corrected chi connectivity index (χ4v) is 2.83. The van der Waals surface area contributed by atoms with Crippen LogP contribution in [0.2, 0.25) is 0 Å². The summed E-state index contributed by atoms with van der Waals surface area (Å²) in [7, 11) is -4.47. The van der Waals surface area contributed by atoms with Gasteiger partial charge < -0.3 is 5.11 Å². The summed E-state index contributed by atoms with van der Waals surface area (Å²) in [6, 6.07) is -0.843. The zero-order valence-electron chi connectivity index (χ0n) is 11.1. The Bertz CT molecular complexity index is 610. The Balaban J connectivity index is 3.07. The predicted octanol–water partition coefficient (Wildman–Crippen LogP) is 2.03. The van der Waals surface area contributed by atoms with Crippen LogP contribution >= 0.6 is 0 Å². The smallest absolute Gasteiger partial charge is 0.321 e. The summed E-state index contributed by atoms with van der Waals surface area (Å²) in [6.45, 7) is 1.79. The third kappa shape index (κ3) is 4.43. The summed E-state index contributed by atoms with van der Waals surface area (Å²) in [6.07, 6.45) is 1.12. The molecule has 0 spiro atoms. The van der Waals surface area contributed by atoms with Crippen molar-refractivity contribution in [2.24, 2.45) is 0 Å². The van der Waals surface area contributed by atoms with Gasteiger partial charge in [-0.25, -0.2) is 21.6 Å². The number of halogens is 3. The Kier molecular flexibility index (Phi) is 5.73. The zero-order valence-corrected chi connectivity index (χ0v) is 11.9. The molecule has 2 N–H and O–H groups in total. The average molecular weight is 325 g/mol. The molecule has 5 nitrogen and oxygen atoms in total. The highest BCUT2D eigenvalue weighted by atomic mass is 32.2. The summed E-state index contributed by atoms with van der Waals surface area (Å²) < 4.78 is 64.5. The van der Waals surface area contributed by atoms with Crippen LogP contribution in [0.4, 0.5) is 13.2 Å². The molecular weight excluding hydrogens is 311 g/mol. The molecule has 1 aromatic rings. The second-order valence-corrected chi connectivity index (χ2v) is 6.07. The summed E-state index contributed by atoms with van der Waals surface area (Å²) in [5.74, 6) is -6.54. The Morgan fingerprint density at radius 3 is 2.24 bits per heavy atom. The van der Waals surface area contributed by atoms with Crippen LogP contribution in [0.5, 0.6) is 0 Å². The van der Waals surface area contributed by atoms with E-state index in [2.05, 4.69) is 0 Å². The van der Waals surface area contributed by atoms with E-state index in [-0.39, 0.29) is 6.42 Å². The first-order chi connectivity index (χ1) is 9.69. The van der Waals surface area contributed by atoms with E-state index in [0.717, 1.165) is 0 Å². The molecule has 0 heterocycles. The third-order valence-electron chi connectivity index (χ3n) is 2.71. The molecule has 118 valence electrons. The van der Waals surface area contributed by atoms with E-state index in [1.54, 1.807) is 6.92 Å². The Morgan fingerprint density at radius 2 is 1.81 bits per heavy atom. The lowest BCUT2D eigenvalue weighted by Gasteiger charge is -2.14. The van der Waals surface area contributed by atoms with Crippen molar-refractivity contribution in [1.29, 1.82) is 0 Å². The lowest BCUT2D eigenvalue weighted by molar-refractivity contribution is -0.139. The van der Waals surface area contributed by atoms with E-state index in [1.807, 2.05) is 4.72 Å². The van der Waals surface area contributed by atoms with Crippen molar-refractivity contribution in [2.45, 2.75) is 37.1 Å². The molecule has 21 heavy (non-hydrogen) atoms. The zero-order chi connectivity index (χ0) is 16.2. The highest BCUT2D eigenvalue weighted by Crippen LogP contribution is 2.18. The number of hydrogen-bond donors (Lipinski definition) is 2. The minimum absolute atomic E-state index is 0.0250. The number of sulfonamides is 1. The fourth-order valence-electron chi connectivity index (χ4n) is 1.58. The maximum absolute atomic E-state index is 13.0. The van der Waals surface area contributed by atoms with Gasteiger partial charge in [-0.1, -0.05) is 19.8 Å². The van der Waals surface area contributed by atoms with E-state index < -0.39 is 44.4 Å². The van der Waals surface area contributed by atoms with Gasteiger partial charge in [0.15, 0.2) is 17.5 Å². The van der Waals surface area contributed by atoms with Crippen molar-refractivity contribution in [1.82, 2.24) is 4.72 Å². The Morgan fingerprint density at radius 1 is 1.29 bits per heavy atom. The molecule has 0 bridgehead atoms. The molecule has 0 amide bonds. The highest BCUT2D eigenvalue weighted by molar-refractivity contribution is 7.89. The topological polar surface area (TPSA) is 83.5 Å². The van der Waals surface area contributed by atoms with Crippen molar-refractivity contribution in [3.05, 3.63) is 29.6 Å². The molecule has 1 aromatic carbocycles. The molecule has 1 rings (SSSR count). The third-order valence-corrected chi connectivity index (χ3v) is 4.16.